The van der Waals surface area contributed by atoms with E-state index >= 15 is 0 Å². The normalized spacial score (nSPS) is 18.4. The molecule has 0 saturated carbocycles. The van der Waals surface area contributed by atoms with Crippen LogP contribution in [0, 0.1) is 6.92 Å². The van der Waals surface area contributed by atoms with E-state index in [1.54, 1.807) is 0 Å². The summed E-state index contributed by atoms with van der Waals surface area (Å²) < 4.78 is 109. The second-order valence-electron chi connectivity index (χ2n) is 2.91. The van der Waals surface area contributed by atoms with Crippen LogP contribution < -0.4 is 0 Å². The third-order valence-electron chi connectivity index (χ3n) is 1.70. The third-order valence-corrected chi connectivity index (χ3v) is 1.70. The molecule has 2 atom stereocenters. The zero-order valence-electron chi connectivity index (χ0n) is 7.47. The van der Waals surface area contributed by atoms with Gasteiger partial charge in [0.15, 0.2) is 6.17 Å². The fourth-order valence-electron chi connectivity index (χ4n) is 0.765. The fourth-order valence-corrected chi connectivity index (χ4v) is 0.765. The van der Waals surface area contributed by atoms with Gasteiger partial charge in [-0.2, -0.15) is 30.7 Å². The Balaban J connectivity index is 5.18. The summed E-state index contributed by atoms with van der Waals surface area (Å²) in [5.41, 5.74) is 0. The van der Waals surface area contributed by atoms with E-state index in [1.165, 1.54) is 0 Å². The van der Waals surface area contributed by atoms with Gasteiger partial charge in [0.1, 0.15) is 0 Å². The number of halogens is 9. The lowest BCUT2D eigenvalue weighted by Gasteiger charge is -2.31. The summed E-state index contributed by atoms with van der Waals surface area (Å²) in [4.78, 5) is 0. The van der Waals surface area contributed by atoms with Crippen molar-refractivity contribution >= 4 is 0 Å². The van der Waals surface area contributed by atoms with E-state index in [1.807, 2.05) is 0 Å². The van der Waals surface area contributed by atoms with E-state index in [9.17, 15) is 39.5 Å². The molecule has 1 unspecified atom stereocenters. The molecule has 0 aromatic heterocycles. The molecule has 0 rings (SSSR count). The number of alkyl halides is 9. The van der Waals surface area contributed by atoms with Gasteiger partial charge in [-0.15, -0.1) is 0 Å². The van der Waals surface area contributed by atoms with Gasteiger partial charge in [-0.05, 0) is 6.42 Å². The zero-order valence-corrected chi connectivity index (χ0v) is 7.47. The fraction of sp³-hybridized carbons (Fsp3) is 0.857. The number of hydrogen-bond donors (Lipinski definition) is 0. The van der Waals surface area contributed by atoms with E-state index < -0.39 is 36.8 Å². The molecule has 1 radical (unpaired) electrons. The van der Waals surface area contributed by atoms with Gasteiger partial charge in [-0.3, -0.25) is 0 Å². The lowest BCUT2D eigenvalue weighted by Crippen LogP contribution is -2.57. The number of rotatable bonds is 4. The van der Waals surface area contributed by atoms with Crippen molar-refractivity contribution < 1.29 is 39.5 Å². The first-order valence-electron chi connectivity index (χ1n) is 3.78. The predicted molar refractivity (Wildman–Crippen MR) is 35.7 cm³/mol. The SMILES string of the molecule is [CH2]CC(F)C(F)(F)C(F)(F)[C@H](F)C(F)(F)F. The Morgan fingerprint density at radius 3 is 1.44 bits per heavy atom. The van der Waals surface area contributed by atoms with Gasteiger partial charge in [0.25, 0.3) is 6.17 Å². The first kappa shape index (κ1) is 15.4. The minimum atomic E-state index is -6.20. The summed E-state index contributed by atoms with van der Waals surface area (Å²) in [6.45, 7) is 2.49. The average Bonchev–Trinajstić information content (AvgIpc) is 2.13. The Kier molecular flexibility index (Phi) is 4.15. The molecule has 0 N–H and O–H groups in total. The van der Waals surface area contributed by atoms with Gasteiger partial charge >= 0.3 is 18.0 Å². The van der Waals surface area contributed by atoms with Gasteiger partial charge in [-0.1, -0.05) is 6.92 Å². The molecule has 0 bridgehead atoms. The first-order chi connectivity index (χ1) is 6.89. The minimum Gasteiger partial charge on any atom is -0.241 e. The molecule has 0 aromatic carbocycles. The lowest BCUT2D eigenvalue weighted by atomic mass is 10.0. The lowest BCUT2D eigenvalue weighted by molar-refractivity contribution is -0.318. The Morgan fingerprint density at radius 1 is 0.812 bits per heavy atom. The first-order valence-corrected chi connectivity index (χ1v) is 3.78. The van der Waals surface area contributed by atoms with Crippen molar-refractivity contribution in [3.63, 3.8) is 0 Å². The quantitative estimate of drug-likeness (QED) is 0.676. The van der Waals surface area contributed by atoms with Crippen molar-refractivity contribution in [1.82, 2.24) is 0 Å². The molecule has 0 fully saturated rings. The summed E-state index contributed by atoms with van der Waals surface area (Å²) in [5.74, 6) is -12.0. The molecule has 97 valence electrons. The van der Waals surface area contributed by atoms with E-state index in [-0.39, 0.29) is 0 Å². The maximum absolute atomic E-state index is 12.5. The van der Waals surface area contributed by atoms with Crippen LogP contribution in [-0.2, 0) is 0 Å². The summed E-state index contributed by atoms with van der Waals surface area (Å²) in [7, 11) is 0. The highest BCUT2D eigenvalue weighted by atomic mass is 19.4. The second-order valence-corrected chi connectivity index (χ2v) is 2.91. The van der Waals surface area contributed by atoms with Gasteiger partial charge in [0.2, 0.25) is 0 Å². The molecule has 0 aliphatic carbocycles. The molecule has 0 aromatic rings. The average molecular weight is 261 g/mol. The Morgan fingerprint density at radius 2 is 1.19 bits per heavy atom. The van der Waals surface area contributed by atoms with E-state index in [4.69, 9.17) is 0 Å². The molecule has 16 heavy (non-hydrogen) atoms. The Labute approximate surface area is 84.4 Å². The molecule has 0 aliphatic rings. The topological polar surface area (TPSA) is 0 Å². The maximum Gasteiger partial charge on any atom is 0.425 e. The Hall–Kier alpha value is -0.630. The second kappa shape index (κ2) is 4.33. The predicted octanol–water partition coefficient (Wildman–Crippen LogP) is 3.72. The van der Waals surface area contributed by atoms with E-state index in [2.05, 4.69) is 6.92 Å². The molecule has 0 heterocycles. The Bertz CT molecular complexity index is 231. The van der Waals surface area contributed by atoms with Crippen LogP contribution in [0.15, 0.2) is 0 Å². The molecule has 0 aliphatic heterocycles. The molecule has 0 amide bonds. The monoisotopic (exact) mass is 261 g/mol. The largest absolute Gasteiger partial charge is 0.425 e. The van der Waals surface area contributed by atoms with Crippen LogP contribution >= 0.6 is 0 Å². The summed E-state index contributed by atoms with van der Waals surface area (Å²) in [6.07, 6.45) is -16.4. The standard InChI is InChI=1S/C7H6F9/c1-2-3(8)5(10,11)6(12,13)4(9)7(14,15)16/h3-4H,1-2H2/t3?,4-/m0/s1. The van der Waals surface area contributed by atoms with Crippen molar-refractivity contribution in [1.29, 1.82) is 0 Å². The highest BCUT2D eigenvalue weighted by Gasteiger charge is 2.72. The highest BCUT2D eigenvalue weighted by molar-refractivity contribution is 4.98. The minimum absolute atomic E-state index is 1.41. The van der Waals surface area contributed by atoms with Crippen molar-refractivity contribution in [2.75, 3.05) is 0 Å². The molecule has 0 saturated heterocycles. The van der Waals surface area contributed by atoms with Crippen LogP contribution in [0.3, 0.4) is 0 Å². The number of hydrogen-bond acceptors (Lipinski definition) is 0. The van der Waals surface area contributed by atoms with Gasteiger partial charge in [-0.25, -0.2) is 8.78 Å². The molecule has 9 heteroatoms. The van der Waals surface area contributed by atoms with Crippen LogP contribution in [0.1, 0.15) is 6.42 Å². The summed E-state index contributed by atoms with van der Waals surface area (Å²) >= 11 is 0. The summed E-state index contributed by atoms with van der Waals surface area (Å²) in [6, 6.07) is 0. The third kappa shape index (κ3) is 2.54. The van der Waals surface area contributed by atoms with Crippen LogP contribution in [0.2, 0.25) is 0 Å². The van der Waals surface area contributed by atoms with Crippen LogP contribution in [0.25, 0.3) is 0 Å². The molecular formula is C7H6F9. The highest BCUT2D eigenvalue weighted by Crippen LogP contribution is 2.47. The molecular weight excluding hydrogens is 255 g/mol. The molecule has 0 spiro atoms. The van der Waals surface area contributed by atoms with Crippen molar-refractivity contribution in [2.24, 2.45) is 0 Å². The van der Waals surface area contributed by atoms with Crippen LogP contribution in [0.4, 0.5) is 39.5 Å². The van der Waals surface area contributed by atoms with Crippen LogP contribution in [-0.4, -0.2) is 30.4 Å². The van der Waals surface area contributed by atoms with Crippen molar-refractivity contribution in [3.8, 4) is 0 Å². The van der Waals surface area contributed by atoms with Crippen molar-refractivity contribution in [2.45, 2.75) is 36.8 Å². The van der Waals surface area contributed by atoms with Gasteiger partial charge in [0, 0.05) is 0 Å². The molecule has 0 nitrogen and oxygen atoms in total. The van der Waals surface area contributed by atoms with Gasteiger partial charge < -0.3 is 0 Å². The van der Waals surface area contributed by atoms with E-state index in [0.29, 0.717) is 0 Å². The zero-order chi connectivity index (χ0) is 13.4. The van der Waals surface area contributed by atoms with E-state index in [0.717, 1.165) is 0 Å². The smallest absolute Gasteiger partial charge is 0.241 e. The van der Waals surface area contributed by atoms with Crippen LogP contribution in [0.5, 0.6) is 0 Å². The van der Waals surface area contributed by atoms with Crippen molar-refractivity contribution in [3.05, 3.63) is 6.92 Å². The summed E-state index contributed by atoms with van der Waals surface area (Å²) in [5, 5.41) is 0. The van der Waals surface area contributed by atoms with Gasteiger partial charge in [0.05, 0.1) is 0 Å². The maximum atomic E-state index is 12.5.